The summed E-state index contributed by atoms with van der Waals surface area (Å²) in [5.74, 6) is 2.79. The molecule has 2 amide bonds. The maximum atomic E-state index is 11.8. The number of nitrogens with zero attached hydrogens (tertiary/aromatic N) is 3. The number of thioether (sulfide) groups is 1. The van der Waals surface area contributed by atoms with E-state index in [1.54, 1.807) is 0 Å². The van der Waals surface area contributed by atoms with E-state index in [9.17, 15) is 9.59 Å². The summed E-state index contributed by atoms with van der Waals surface area (Å²) in [7, 11) is 1.96. The first-order valence-electron chi connectivity index (χ1n) is 13.0. The number of amides is 2. The average molecular weight is 545 g/mol. The second-order valence-corrected chi connectivity index (χ2v) is 10.9. The van der Waals surface area contributed by atoms with Gasteiger partial charge < -0.3 is 18.9 Å². The van der Waals surface area contributed by atoms with Crippen molar-refractivity contribution in [1.82, 2.24) is 14.9 Å². The summed E-state index contributed by atoms with van der Waals surface area (Å²) < 4.78 is 14.1. The van der Waals surface area contributed by atoms with Crippen LogP contribution in [0.1, 0.15) is 32.2 Å². The molecule has 2 heterocycles. The molecule has 1 aliphatic rings. The molecule has 202 valence electrons. The van der Waals surface area contributed by atoms with Crippen molar-refractivity contribution < 1.29 is 19.1 Å². The number of imide groups is 1. The largest absolute Gasteiger partial charge is 0.486 e. The van der Waals surface area contributed by atoms with Crippen LogP contribution < -0.4 is 19.7 Å². The number of aromatic nitrogens is 2. The van der Waals surface area contributed by atoms with Crippen molar-refractivity contribution in [2.45, 2.75) is 45.1 Å². The zero-order valence-electron chi connectivity index (χ0n) is 22.5. The summed E-state index contributed by atoms with van der Waals surface area (Å²) in [4.78, 5) is 30.2. The Morgan fingerprint density at radius 1 is 1.00 bits per heavy atom. The number of rotatable bonds is 10. The maximum absolute atomic E-state index is 11.8. The third kappa shape index (κ3) is 6.04. The van der Waals surface area contributed by atoms with Gasteiger partial charge in [0.1, 0.15) is 29.7 Å². The number of fused-ring (bicyclic) bond motifs is 1. The van der Waals surface area contributed by atoms with Crippen LogP contribution in [0.4, 0.5) is 10.5 Å². The van der Waals surface area contributed by atoms with Crippen LogP contribution >= 0.6 is 11.8 Å². The molecule has 1 atom stereocenters. The number of aryl methyl sites for hydroxylation is 1. The van der Waals surface area contributed by atoms with Gasteiger partial charge in [-0.1, -0.05) is 23.9 Å². The normalized spacial score (nSPS) is 15.2. The summed E-state index contributed by atoms with van der Waals surface area (Å²) in [6.45, 7) is 7.80. The Morgan fingerprint density at radius 3 is 2.33 bits per heavy atom. The molecule has 39 heavy (non-hydrogen) atoms. The van der Waals surface area contributed by atoms with E-state index in [0.29, 0.717) is 24.8 Å². The van der Waals surface area contributed by atoms with Crippen LogP contribution in [-0.2, 0) is 24.9 Å². The van der Waals surface area contributed by atoms with Crippen molar-refractivity contribution in [3.8, 4) is 17.2 Å². The zero-order valence-corrected chi connectivity index (χ0v) is 23.3. The van der Waals surface area contributed by atoms with E-state index in [-0.39, 0.29) is 16.4 Å². The predicted molar refractivity (Wildman–Crippen MR) is 155 cm³/mol. The number of carbonyl (C=O) groups is 2. The lowest BCUT2D eigenvalue weighted by atomic mass is 10.1. The molecular formula is C30H32N4O4S. The number of nitrogens with one attached hydrogen (secondary N) is 1. The van der Waals surface area contributed by atoms with E-state index in [1.807, 2.05) is 66.2 Å². The summed E-state index contributed by atoms with van der Waals surface area (Å²) in [6, 6.07) is 22.1. The Hall–Kier alpha value is -3.98. The third-order valence-electron chi connectivity index (χ3n) is 6.79. The highest BCUT2D eigenvalue weighted by molar-refractivity contribution is 8.15. The second-order valence-electron chi connectivity index (χ2n) is 9.73. The molecule has 5 rings (SSSR count). The number of ether oxygens (including phenoxy) is 2. The van der Waals surface area contributed by atoms with Gasteiger partial charge in [0.15, 0.2) is 0 Å². The lowest BCUT2D eigenvalue weighted by molar-refractivity contribution is -0.118. The van der Waals surface area contributed by atoms with Crippen LogP contribution in [0.3, 0.4) is 0 Å². The Morgan fingerprint density at radius 2 is 1.69 bits per heavy atom. The second kappa shape index (κ2) is 11.4. The summed E-state index contributed by atoms with van der Waals surface area (Å²) >= 11 is 1.04. The molecule has 1 fully saturated rings. The molecular weight excluding hydrogens is 512 g/mol. The smallest absolute Gasteiger partial charge is 0.286 e. The molecule has 0 aliphatic carbocycles. The summed E-state index contributed by atoms with van der Waals surface area (Å²) in [5.41, 5.74) is 3.97. The van der Waals surface area contributed by atoms with Crippen LogP contribution in [0.15, 0.2) is 66.7 Å². The summed E-state index contributed by atoms with van der Waals surface area (Å²) in [6.07, 6.45) is 0.497. The van der Waals surface area contributed by atoms with Crippen molar-refractivity contribution in [1.29, 1.82) is 0 Å². The molecule has 0 saturated carbocycles. The fourth-order valence-corrected chi connectivity index (χ4v) is 5.57. The number of imidazole rings is 1. The van der Waals surface area contributed by atoms with Gasteiger partial charge in [-0.15, -0.1) is 0 Å². The first-order valence-corrected chi connectivity index (χ1v) is 13.9. The molecule has 1 saturated heterocycles. The van der Waals surface area contributed by atoms with Crippen molar-refractivity contribution in [2.24, 2.45) is 7.05 Å². The van der Waals surface area contributed by atoms with E-state index in [4.69, 9.17) is 14.5 Å². The average Bonchev–Trinajstić information content (AvgIpc) is 3.41. The van der Waals surface area contributed by atoms with E-state index in [2.05, 4.69) is 43.1 Å². The van der Waals surface area contributed by atoms with Gasteiger partial charge in [-0.25, -0.2) is 4.98 Å². The van der Waals surface area contributed by atoms with Crippen molar-refractivity contribution in [3.05, 3.63) is 78.1 Å². The Kier molecular flexibility index (Phi) is 7.79. The molecule has 0 radical (unpaired) electrons. The highest BCUT2D eigenvalue weighted by atomic mass is 32.2. The van der Waals surface area contributed by atoms with Crippen LogP contribution in [0.25, 0.3) is 11.0 Å². The molecule has 1 unspecified atom stereocenters. The zero-order chi connectivity index (χ0) is 27.5. The molecule has 4 aromatic rings. The summed E-state index contributed by atoms with van der Waals surface area (Å²) in [5, 5.41) is 1.65. The highest BCUT2D eigenvalue weighted by Gasteiger charge is 2.31. The molecule has 3 aromatic carbocycles. The van der Waals surface area contributed by atoms with Crippen LogP contribution in [-0.4, -0.2) is 38.5 Å². The van der Waals surface area contributed by atoms with Gasteiger partial charge >= 0.3 is 0 Å². The van der Waals surface area contributed by atoms with Gasteiger partial charge in [-0.2, -0.15) is 0 Å². The van der Waals surface area contributed by atoms with Crippen molar-refractivity contribution >= 4 is 39.6 Å². The SMILES string of the molecule is CCN(c1ccc(Oc2ccc3nc(COc4ccc(CC5SC(=O)NC5=O)cc4)n(C)c3c2)cc1)C(C)C. The molecule has 0 bridgehead atoms. The number of hydrogen-bond acceptors (Lipinski definition) is 7. The Balaban J connectivity index is 1.22. The molecule has 1 N–H and O–H groups in total. The van der Waals surface area contributed by atoms with Crippen LogP contribution in [0.2, 0.25) is 0 Å². The van der Waals surface area contributed by atoms with Crippen LogP contribution in [0.5, 0.6) is 17.2 Å². The minimum Gasteiger partial charge on any atom is -0.486 e. The molecule has 9 heteroatoms. The van der Waals surface area contributed by atoms with Gasteiger partial charge in [-0.05, 0) is 81.3 Å². The molecule has 1 aromatic heterocycles. The number of anilines is 1. The van der Waals surface area contributed by atoms with Gasteiger partial charge in [0, 0.05) is 31.4 Å². The maximum Gasteiger partial charge on any atom is 0.286 e. The van der Waals surface area contributed by atoms with Gasteiger partial charge in [0.25, 0.3) is 5.24 Å². The van der Waals surface area contributed by atoms with E-state index in [1.165, 1.54) is 5.69 Å². The highest BCUT2D eigenvalue weighted by Crippen LogP contribution is 2.29. The predicted octanol–water partition coefficient (Wildman–Crippen LogP) is 6.07. The number of carbonyl (C=O) groups excluding carboxylic acids is 2. The molecule has 0 spiro atoms. The third-order valence-corrected chi connectivity index (χ3v) is 7.77. The van der Waals surface area contributed by atoms with Crippen LogP contribution in [0, 0.1) is 0 Å². The Labute approximate surface area is 232 Å². The molecule has 1 aliphatic heterocycles. The molecule has 8 nitrogen and oxygen atoms in total. The van der Waals surface area contributed by atoms with Gasteiger partial charge in [0.2, 0.25) is 5.91 Å². The minimum atomic E-state index is -0.381. The van der Waals surface area contributed by atoms with Crippen molar-refractivity contribution in [3.63, 3.8) is 0 Å². The quantitative estimate of drug-likeness (QED) is 0.259. The Bertz CT molecular complexity index is 1480. The first kappa shape index (κ1) is 26.6. The van der Waals surface area contributed by atoms with E-state index in [0.717, 1.165) is 52.2 Å². The van der Waals surface area contributed by atoms with Gasteiger partial charge in [-0.3, -0.25) is 14.9 Å². The lowest BCUT2D eigenvalue weighted by Gasteiger charge is -2.27. The van der Waals surface area contributed by atoms with Gasteiger partial charge in [0.05, 0.1) is 16.3 Å². The fourth-order valence-electron chi connectivity index (χ4n) is 4.71. The lowest BCUT2D eigenvalue weighted by Crippen LogP contribution is -2.30. The minimum absolute atomic E-state index is 0.233. The topological polar surface area (TPSA) is 85.7 Å². The van der Waals surface area contributed by atoms with Crippen molar-refractivity contribution in [2.75, 3.05) is 11.4 Å². The standard InChI is InChI=1S/C30H32N4O4S/c1-5-34(19(2)3)21-8-12-23(13-9-21)38-24-14-15-25-26(17-24)33(4)28(31-25)18-37-22-10-6-20(7-11-22)16-27-29(35)32-30(36)39-27/h6-15,17,19,27H,5,16,18H2,1-4H3,(H,32,35,36). The fraction of sp³-hybridized carbons (Fsp3) is 0.300. The number of benzene rings is 3. The van der Waals surface area contributed by atoms with E-state index >= 15 is 0 Å². The first-order chi connectivity index (χ1) is 18.8. The monoisotopic (exact) mass is 544 g/mol. The van der Waals surface area contributed by atoms with E-state index < -0.39 is 0 Å². The number of hydrogen-bond donors (Lipinski definition) is 1.